The minimum Gasteiger partial charge on any atom is -0.414 e. The summed E-state index contributed by atoms with van der Waals surface area (Å²) in [7, 11) is -6.39. The Morgan fingerprint density at radius 2 is 1.44 bits per heavy atom. The average molecular weight is 921 g/mol. The second-order valence-corrected chi connectivity index (χ2v) is 33.4. The minimum absolute atomic E-state index is 0.000721. The number of rotatable bonds is 20. The highest BCUT2D eigenvalue weighted by atomic mass is 32.2. The van der Waals surface area contributed by atoms with Crippen molar-refractivity contribution in [1.82, 2.24) is 0 Å². The van der Waals surface area contributed by atoms with Crippen LogP contribution in [0.3, 0.4) is 0 Å². The molecule has 4 aliphatic heterocycles. The van der Waals surface area contributed by atoms with Gasteiger partial charge in [0.15, 0.2) is 32.8 Å². The molecule has 0 spiro atoms. The second kappa shape index (κ2) is 21.2. The Hall–Kier alpha value is -1.24. The monoisotopic (exact) mass is 921 g/mol. The van der Waals surface area contributed by atoms with E-state index in [-0.39, 0.29) is 58.6 Å². The van der Waals surface area contributed by atoms with Crippen LogP contribution in [-0.4, -0.2) is 113 Å². The summed E-state index contributed by atoms with van der Waals surface area (Å²) in [4.78, 5) is 0.318. The summed E-state index contributed by atoms with van der Waals surface area (Å²) < 4.78 is 80.8. The fraction of sp³-hybridized carbons (Fsp3) is 0.796. The van der Waals surface area contributed by atoms with Gasteiger partial charge >= 0.3 is 0 Å². The van der Waals surface area contributed by atoms with E-state index in [4.69, 9.17) is 37.3 Å². The summed E-state index contributed by atoms with van der Waals surface area (Å²) in [6.07, 6.45) is 5.04. The molecule has 1 aromatic rings. The van der Waals surface area contributed by atoms with E-state index >= 15 is 0 Å². The molecule has 5 rings (SSSR count). The molecule has 13 heteroatoms. The van der Waals surface area contributed by atoms with Crippen LogP contribution in [0, 0.1) is 11.8 Å². The Bertz CT molecular complexity index is 1730. The molecule has 10 nitrogen and oxygen atoms in total. The Morgan fingerprint density at radius 3 is 2.03 bits per heavy atom. The summed E-state index contributed by atoms with van der Waals surface area (Å²) in [6, 6.07) is 7.29. The molecule has 0 aliphatic carbocycles. The van der Waals surface area contributed by atoms with Crippen molar-refractivity contribution in [3.63, 3.8) is 0 Å². The smallest absolute Gasteiger partial charge is 0.192 e. The zero-order valence-electron chi connectivity index (χ0n) is 40.8. The van der Waals surface area contributed by atoms with Crippen LogP contribution >= 0.6 is 0 Å². The average Bonchev–Trinajstić information content (AvgIpc) is 3.91. The number of sulfone groups is 1. The van der Waals surface area contributed by atoms with Crippen LogP contribution in [0.15, 0.2) is 53.5 Å². The van der Waals surface area contributed by atoms with E-state index in [9.17, 15) is 8.42 Å². The molecule has 4 saturated heterocycles. The van der Waals surface area contributed by atoms with Crippen molar-refractivity contribution in [2.24, 2.45) is 11.8 Å². The van der Waals surface area contributed by atoms with Crippen molar-refractivity contribution in [3.8, 4) is 0 Å². The van der Waals surface area contributed by atoms with Crippen LogP contribution < -0.4 is 0 Å². The van der Waals surface area contributed by atoms with Crippen molar-refractivity contribution in [1.29, 1.82) is 0 Å². The molecule has 4 aliphatic rings. The maximum absolute atomic E-state index is 14.3. The second-order valence-electron chi connectivity index (χ2n) is 21.8. The molecule has 10 atom stereocenters. The van der Waals surface area contributed by atoms with Gasteiger partial charge in [-0.25, -0.2) is 8.42 Å². The van der Waals surface area contributed by atoms with E-state index in [0.29, 0.717) is 37.6 Å². The molecule has 1 aromatic carbocycles. The fourth-order valence-corrected chi connectivity index (χ4v) is 13.0. The van der Waals surface area contributed by atoms with Gasteiger partial charge in [-0.15, -0.1) is 0 Å². The molecule has 354 valence electrons. The van der Waals surface area contributed by atoms with Gasteiger partial charge in [0.05, 0.1) is 79.3 Å². The Labute approximate surface area is 378 Å². The molecule has 1 unspecified atom stereocenters. The third-order valence-corrected chi connectivity index (χ3v) is 26.0. The van der Waals surface area contributed by atoms with Crippen LogP contribution in [0.5, 0.6) is 0 Å². The van der Waals surface area contributed by atoms with Gasteiger partial charge in [0.1, 0.15) is 0 Å². The summed E-state index contributed by atoms with van der Waals surface area (Å²) in [5, 5.41) is 0.0159. The van der Waals surface area contributed by atoms with Crippen molar-refractivity contribution >= 4 is 26.5 Å². The number of hydrogen-bond donors (Lipinski definition) is 0. The lowest BCUT2D eigenvalue weighted by Gasteiger charge is -2.42. The Balaban J connectivity index is 1.36. The number of hydrogen-bond acceptors (Lipinski definition) is 10. The topological polar surface area (TPSA) is 108 Å². The van der Waals surface area contributed by atoms with E-state index < -0.39 is 50.7 Å². The van der Waals surface area contributed by atoms with Crippen LogP contribution in [0.25, 0.3) is 0 Å². The molecule has 0 radical (unpaired) electrons. The van der Waals surface area contributed by atoms with Crippen molar-refractivity contribution in [3.05, 3.63) is 54.1 Å². The molecule has 0 aromatic heterocycles. The van der Waals surface area contributed by atoms with Gasteiger partial charge in [-0.1, -0.05) is 80.7 Å². The SMILES string of the molecule is C=C1C[C@H](CCC2OCCO2)O[C@H]1CC[C@H]1C[C@@H](C)C(=C)[C@@H](C[C@@H]2O[C@H](CC(CO[Si](C)(C)C(C)(C)C)O[Si](C)(C)C(C)(C)C)[C@H](OC)[C@H]2CS(=O)(=O)c2ccc(CC)cc2)O1. The summed E-state index contributed by atoms with van der Waals surface area (Å²) in [6.45, 7) is 37.6. The summed E-state index contributed by atoms with van der Waals surface area (Å²) in [5.41, 5.74) is 3.26. The first kappa shape index (κ1) is 51.7. The van der Waals surface area contributed by atoms with Gasteiger partial charge < -0.3 is 37.3 Å². The van der Waals surface area contributed by atoms with E-state index in [2.05, 4.69) is 94.7 Å². The first-order valence-electron chi connectivity index (χ1n) is 23.6. The van der Waals surface area contributed by atoms with Crippen LogP contribution in [-0.2, 0) is 53.5 Å². The van der Waals surface area contributed by atoms with Crippen molar-refractivity contribution < 1.29 is 45.7 Å². The third kappa shape index (κ3) is 13.2. The van der Waals surface area contributed by atoms with E-state index in [0.717, 1.165) is 61.7 Å². The zero-order chi connectivity index (χ0) is 45.8. The number of methoxy groups -OCH3 is 1. The lowest BCUT2D eigenvalue weighted by atomic mass is 9.83. The largest absolute Gasteiger partial charge is 0.414 e. The normalized spacial score (nSPS) is 30.1. The molecule has 0 saturated carbocycles. The molecule has 62 heavy (non-hydrogen) atoms. The summed E-state index contributed by atoms with van der Waals surface area (Å²) >= 11 is 0. The van der Waals surface area contributed by atoms with Gasteiger partial charge in [0.2, 0.25) is 0 Å². The fourth-order valence-electron chi connectivity index (χ4n) is 8.96. The highest BCUT2D eigenvalue weighted by Crippen LogP contribution is 2.44. The highest BCUT2D eigenvalue weighted by Gasteiger charge is 2.50. The number of aryl methyl sites for hydroxylation is 1. The van der Waals surface area contributed by atoms with E-state index in [1.807, 2.05) is 12.1 Å². The lowest BCUT2D eigenvalue weighted by molar-refractivity contribution is -0.0791. The Morgan fingerprint density at radius 1 is 0.823 bits per heavy atom. The van der Waals surface area contributed by atoms with Crippen LogP contribution in [0.1, 0.15) is 112 Å². The lowest BCUT2D eigenvalue weighted by Crippen LogP contribution is -2.49. The van der Waals surface area contributed by atoms with Gasteiger partial charge in [-0.3, -0.25) is 0 Å². The molecule has 0 N–H and O–H groups in total. The highest BCUT2D eigenvalue weighted by molar-refractivity contribution is 7.91. The first-order chi connectivity index (χ1) is 28.8. The summed E-state index contributed by atoms with van der Waals surface area (Å²) in [5.74, 6) is -0.323. The standard InChI is InChI=1S/C49H84O10SSi2/c1-16-36-17-21-40(22-18-36)60(50,51)32-41-44(58-45(47(41)52-11)29-39(59-62(14,15)49(8,9)10)31-55-61(12,13)48(5,6)7)30-43-35(4)33(2)27-37(57-43)19-23-42-34(3)28-38(56-42)20-24-46-53-25-26-54-46/h17-18,21-22,33,37-39,41-47H,3-4,16,19-20,23-32H2,1-2,5-15H3/t33-,37+,38+,39?,41+,42+,43-,44+,45-,47-/m1/s1. The van der Waals surface area contributed by atoms with Gasteiger partial charge in [0, 0.05) is 32.3 Å². The van der Waals surface area contributed by atoms with E-state index in [1.165, 1.54) is 0 Å². The molecule has 4 heterocycles. The predicted octanol–water partition coefficient (Wildman–Crippen LogP) is 10.6. The minimum atomic E-state index is -3.71. The van der Waals surface area contributed by atoms with Crippen molar-refractivity contribution in [2.75, 3.05) is 32.7 Å². The maximum Gasteiger partial charge on any atom is 0.192 e. The molecular weight excluding hydrogens is 837 g/mol. The van der Waals surface area contributed by atoms with Gasteiger partial charge in [-0.2, -0.15) is 0 Å². The van der Waals surface area contributed by atoms with Gasteiger partial charge in [0.25, 0.3) is 0 Å². The van der Waals surface area contributed by atoms with Crippen molar-refractivity contribution in [2.45, 2.75) is 209 Å². The molecule has 4 fully saturated rings. The molecule has 0 amide bonds. The zero-order valence-corrected chi connectivity index (χ0v) is 43.6. The van der Waals surface area contributed by atoms with Gasteiger partial charge in [-0.05, 0) is 110 Å². The molecular formula is C49H84O10SSi2. The Kier molecular flexibility index (Phi) is 17.7. The van der Waals surface area contributed by atoms with E-state index in [1.54, 1.807) is 19.2 Å². The maximum atomic E-state index is 14.3. The number of benzene rings is 1. The van der Waals surface area contributed by atoms with Crippen LogP contribution in [0.2, 0.25) is 36.3 Å². The third-order valence-electron chi connectivity index (χ3n) is 15.1. The number of ether oxygens (including phenoxy) is 6. The molecule has 0 bridgehead atoms. The first-order valence-corrected chi connectivity index (χ1v) is 31.0. The quantitative estimate of drug-likeness (QED) is 0.0927. The predicted molar refractivity (Wildman–Crippen MR) is 253 cm³/mol. The van der Waals surface area contributed by atoms with Crippen LogP contribution in [0.4, 0.5) is 0 Å².